The number of likely N-dealkylation sites (tertiary alicyclic amines) is 1. The van der Waals surface area contributed by atoms with Crippen LogP contribution in [-0.2, 0) is 4.79 Å². The van der Waals surface area contributed by atoms with Crippen molar-refractivity contribution in [3.8, 4) is 0 Å². The molecule has 2 aromatic rings. The van der Waals surface area contributed by atoms with Crippen molar-refractivity contribution in [3.05, 3.63) is 53.7 Å². The van der Waals surface area contributed by atoms with Gasteiger partial charge >= 0.3 is 0 Å². The molecule has 0 radical (unpaired) electrons. The van der Waals surface area contributed by atoms with Crippen LogP contribution in [0.3, 0.4) is 0 Å². The van der Waals surface area contributed by atoms with Crippen molar-refractivity contribution in [1.29, 1.82) is 0 Å². The zero-order chi connectivity index (χ0) is 20.4. The molecule has 154 valence electrons. The predicted octanol–water partition coefficient (Wildman–Crippen LogP) is 2.76. The van der Waals surface area contributed by atoms with Crippen LogP contribution in [0.15, 0.2) is 42.5 Å². The summed E-state index contributed by atoms with van der Waals surface area (Å²) in [6.45, 7) is 5.60. The number of aryl methyl sites for hydroxylation is 1. The second-order valence-corrected chi connectivity index (χ2v) is 8.67. The van der Waals surface area contributed by atoms with Crippen LogP contribution in [0.4, 0.5) is 5.82 Å². The number of hydrogen-bond acceptors (Lipinski definition) is 5. The first-order chi connectivity index (χ1) is 14.0. The van der Waals surface area contributed by atoms with Gasteiger partial charge in [-0.05, 0) is 51.7 Å². The first-order valence-corrected chi connectivity index (χ1v) is 10.6. The lowest BCUT2D eigenvalue weighted by atomic mass is 9.89. The van der Waals surface area contributed by atoms with Crippen LogP contribution in [0.25, 0.3) is 0 Å². The summed E-state index contributed by atoms with van der Waals surface area (Å²) in [5.41, 5.74) is 2.18. The predicted molar refractivity (Wildman–Crippen MR) is 115 cm³/mol. The number of carbonyl (C=O) groups is 1. The fourth-order valence-electron chi connectivity index (χ4n) is 4.82. The summed E-state index contributed by atoms with van der Waals surface area (Å²) in [5.74, 6) is 2.14. The maximum Gasteiger partial charge on any atom is 0.223 e. The third-order valence-electron chi connectivity index (χ3n) is 6.23. The van der Waals surface area contributed by atoms with Gasteiger partial charge in [0, 0.05) is 37.9 Å². The Kier molecular flexibility index (Phi) is 5.81. The Morgan fingerprint density at radius 1 is 1.07 bits per heavy atom. The molecule has 0 unspecified atom stereocenters. The van der Waals surface area contributed by atoms with Gasteiger partial charge in [0.25, 0.3) is 0 Å². The summed E-state index contributed by atoms with van der Waals surface area (Å²) >= 11 is 0. The van der Waals surface area contributed by atoms with Crippen molar-refractivity contribution in [2.45, 2.75) is 25.8 Å². The highest BCUT2D eigenvalue weighted by Gasteiger charge is 2.49. The minimum Gasteiger partial charge on any atom is -0.354 e. The van der Waals surface area contributed by atoms with Crippen molar-refractivity contribution in [1.82, 2.24) is 20.0 Å². The molecule has 0 N–H and O–H groups in total. The molecule has 2 aliphatic rings. The molecule has 2 fully saturated rings. The van der Waals surface area contributed by atoms with Gasteiger partial charge in [-0.15, -0.1) is 5.10 Å². The number of carbonyl (C=O) groups excluding carboxylic acids is 1. The van der Waals surface area contributed by atoms with Crippen molar-refractivity contribution in [3.63, 3.8) is 0 Å². The monoisotopic (exact) mass is 393 g/mol. The van der Waals surface area contributed by atoms with E-state index >= 15 is 0 Å². The third kappa shape index (κ3) is 4.27. The maximum atomic E-state index is 13.1. The lowest BCUT2D eigenvalue weighted by molar-refractivity contribution is -0.132. The van der Waals surface area contributed by atoms with Gasteiger partial charge in [-0.2, -0.15) is 5.10 Å². The molecule has 0 bridgehead atoms. The molecular formula is C23H31N5O. The smallest absolute Gasteiger partial charge is 0.223 e. The van der Waals surface area contributed by atoms with Gasteiger partial charge in [0.05, 0.1) is 11.7 Å². The van der Waals surface area contributed by atoms with Gasteiger partial charge < -0.3 is 14.7 Å². The highest BCUT2D eigenvalue weighted by atomic mass is 16.2. The van der Waals surface area contributed by atoms with Crippen molar-refractivity contribution >= 4 is 11.7 Å². The van der Waals surface area contributed by atoms with Gasteiger partial charge in [0.2, 0.25) is 5.91 Å². The van der Waals surface area contributed by atoms with E-state index in [0.717, 1.165) is 44.1 Å². The van der Waals surface area contributed by atoms with Crippen LogP contribution in [0, 0.1) is 18.8 Å². The second-order valence-electron chi connectivity index (χ2n) is 8.67. The summed E-state index contributed by atoms with van der Waals surface area (Å²) < 4.78 is 0. The number of anilines is 1. The first-order valence-electron chi connectivity index (χ1n) is 10.6. The molecule has 29 heavy (non-hydrogen) atoms. The van der Waals surface area contributed by atoms with Crippen molar-refractivity contribution < 1.29 is 4.79 Å². The van der Waals surface area contributed by atoms with Crippen LogP contribution < -0.4 is 4.90 Å². The first kappa shape index (κ1) is 19.8. The molecule has 3 heterocycles. The van der Waals surface area contributed by atoms with Gasteiger partial charge in [-0.3, -0.25) is 4.79 Å². The Morgan fingerprint density at radius 2 is 1.86 bits per heavy atom. The zero-order valence-corrected chi connectivity index (χ0v) is 17.7. The number of nitrogens with zero attached hydrogens (tertiary/aromatic N) is 5. The van der Waals surface area contributed by atoms with E-state index in [1.807, 2.05) is 19.1 Å². The molecule has 0 saturated carbocycles. The normalized spacial score (nSPS) is 23.7. The Hall–Kier alpha value is -2.47. The number of hydrogen-bond donors (Lipinski definition) is 0. The number of aromatic nitrogens is 2. The maximum absolute atomic E-state index is 13.1. The molecule has 6 nitrogen and oxygen atoms in total. The Labute approximate surface area is 173 Å². The fourth-order valence-corrected chi connectivity index (χ4v) is 4.82. The van der Waals surface area contributed by atoms with Crippen LogP contribution in [0.5, 0.6) is 0 Å². The van der Waals surface area contributed by atoms with E-state index in [2.05, 4.69) is 69.3 Å². The number of benzene rings is 1. The molecule has 1 amide bonds. The average Bonchev–Trinajstić information content (AvgIpc) is 3.27. The molecule has 2 saturated heterocycles. The van der Waals surface area contributed by atoms with E-state index in [4.69, 9.17) is 0 Å². The lowest BCUT2D eigenvalue weighted by Gasteiger charge is -2.30. The van der Waals surface area contributed by atoms with E-state index in [0.29, 0.717) is 18.3 Å². The zero-order valence-electron chi connectivity index (χ0n) is 17.7. The number of fused-ring (bicyclic) bond motifs is 1. The molecular weight excluding hydrogens is 362 g/mol. The molecule has 0 aliphatic carbocycles. The summed E-state index contributed by atoms with van der Waals surface area (Å²) in [7, 11) is 4.11. The van der Waals surface area contributed by atoms with Crippen molar-refractivity contribution in [2.75, 3.05) is 45.2 Å². The van der Waals surface area contributed by atoms with Crippen LogP contribution >= 0.6 is 0 Å². The minimum atomic E-state index is 0.150. The highest BCUT2D eigenvalue weighted by Crippen LogP contribution is 2.45. The fraction of sp³-hybridized carbons (Fsp3) is 0.522. The topological polar surface area (TPSA) is 52.6 Å². The summed E-state index contributed by atoms with van der Waals surface area (Å²) in [4.78, 5) is 19.7. The Bertz CT molecular complexity index is 823. The number of amides is 1. The van der Waals surface area contributed by atoms with E-state index in [1.54, 1.807) is 0 Å². The van der Waals surface area contributed by atoms with Crippen LogP contribution in [-0.4, -0.2) is 66.2 Å². The number of rotatable bonds is 6. The van der Waals surface area contributed by atoms with Gasteiger partial charge in [-0.1, -0.05) is 30.3 Å². The summed E-state index contributed by atoms with van der Waals surface area (Å²) in [6.07, 6.45) is 1.53. The molecule has 1 aromatic heterocycles. The van der Waals surface area contributed by atoms with E-state index in [9.17, 15) is 4.79 Å². The van der Waals surface area contributed by atoms with Crippen molar-refractivity contribution in [2.24, 2.45) is 11.8 Å². The minimum absolute atomic E-state index is 0.150. The average molecular weight is 394 g/mol. The third-order valence-corrected chi connectivity index (χ3v) is 6.23. The van der Waals surface area contributed by atoms with Gasteiger partial charge in [0.1, 0.15) is 0 Å². The Balaban J connectivity index is 1.52. The summed E-state index contributed by atoms with van der Waals surface area (Å²) in [6, 6.07) is 14.8. The standard InChI is InChI=1S/C23H31N5O/c1-17-11-12-21(25-24-17)27-14-19-15-28(22(29)10-7-13-26(2)3)23(20(19)16-27)18-8-5-4-6-9-18/h4-6,8-9,11-12,19-20,23H,7,10,13-16H2,1-3H3/t19-,20-,23+/m0/s1. The van der Waals surface area contributed by atoms with Crippen LogP contribution in [0.2, 0.25) is 0 Å². The highest BCUT2D eigenvalue weighted by molar-refractivity contribution is 5.77. The molecule has 1 aromatic carbocycles. The van der Waals surface area contributed by atoms with Gasteiger partial charge in [-0.25, -0.2) is 0 Å². The van der Waals surface area contributed by atoms with E-state index < -0.39 is 0 Å². The largest absolute Gasteiger partial charge is 0.354 e. The second kappa shape index (κ2) is 8.49. The molecule has 2 aliphatic heterocycles. The van der Waals surface area contributed by atoms with Crippen LogP contribution in [0.1, 0.15) is 30.1 Å². The molecule has 0 spiro atoms. The van der Waals surface area contributed by atoms with E-state index in [1.165, 1.54) is 5.56 Å². The van der Waals surface area contributed by atoms with E-state index in [-0.39, 0.29) is 11.9 Å². The molecule has 6 heteroatoms. The molecule has 4 rings (SSSR count). The lowest BCUT2D eigenvalue weighted by Crippen LogP contribution is -2.36. The quantitative estimate of drug-likeness (QED) is 0.755. The SMILES string of the molecule is Cc1ccc(N2C[C@H]3CN(C(=O)CCCN(C)C)[C@H](c4ccccc4)[C@H]3C2)nn1. The van der Waals surface area contributed by atoms with Gasteiger partial charge in [0.15, 0.2) is 5.82 Å². The molecule has 3 atom stereocenters. The Morgan fingerprint density at radius 3 is 2.55 bits per heavy atom. The summed E-state index contributed by atoms with van der Waals surface area (Å²) in [5, 5.41) is 8.61.